The number of allylic oxidation sites excluding steroid dienone is 1. The maximum atomic E-state index is 12.4. The van der Waals surface area contributed by atoms with Gasteiger partial charge in [-0.05, 0) is 49.9 Å². The molecule has 1 amide bonds. The third-order valence-electron chi connectivity index (χ3n) is 3.54. The standard InChI is InChI=1S/C16H19NO3/c1-3-5-11(2)15(18)17-9-4-6-12-10-13(16(19)20)7-8-14(12)17/h5,7-8,10H,3-4,6,9H2,1-2H3,(H,19,20)/b11-5+. The maximum absolute atomic E-state index is 12.4. The van der Waals surface area contributed by atoms with E-state index in [1.165, 1.54) is 0 Å². The highest BCUT2D eigenvalue weighted by Crippen LogP contribution is 2.29. The number of aryl methyl sites for hydroxylation is 1. The monoisotopic (exact) mass is 273 g/mol. The van der Waals surface area contributed by atoms with Crippen LogP contribution in [0.15, 0.2) is 29.8 Å². The third kappa shape index (κ3) is 2.74. The second-order valence-electron chi connectivity index (χ2n) is 5.00. The first kappa shape index (κ1) is 14.3. The molecular weight excluding hydrogens is 254 g/mol. The molecule has 0 spiro atoms. The van der Waals surface area contributed by atoms with Gasteiger partial charge in [-0.2, -0.15) is 0 Å². The van der Waals surface area contributed by atoms with E-state index < -0.39 is 5.97 Å². The molecule has 106 valence electrons. The number of carbonyl (C=O) groups is 2. The zero-order valence-corrected chi connectivity index (χ0v) is 11.8. The molecule has 1 aliphatic rings. The van der Waals surface area contributed by atoms with Gasteiger partial charge in [-0.15, -0.1) is 0 Å². The van der Waals surface area contributed by atoms with Crippen molar-refractivity contribution in [2.75, 3.05) is 11.4 Å². The van der Waals surface area contributed by atoms with Crippen molar-refractivity contribution in [2.45, 2.75) is 33.1 Å². The van der Waals surface area contributed by atoms with E-state index in [1.807, 2.05) is 19.9 Å². The summed E-state index contributed by atoms with van der Waals surface area (Å²) in [5, 5.41) is 9.03. The van der Waals surface area contributed by atoms with E-state index >= 15 is 0 Å². The molecule has 0 aromatic heterocycles. The van der Waals surface area contributed by atoms with Crippen molar-refractivity contribution in [1.29, 1.82) is 0 Å². The smallest absolute Gasteiger partial charge is 0.335 e. The molecule has 1 aromatic rings. The Morgan fingerprint density at radius 1 is 1.40 bits per heavy atom. The van der Waals surface area contributed by atoms with Crippen LogP contribution in [-0.2, 0) is 11.2 Å². The van der Waals surface area contributed by atoms with Crippen LogP contribution < -0.4 is 4.90 Å². The molecule has 0 fully saturated rings. The summed E-state index contributed by atoms with van der Waals surface area (Å²) in [5.41, 5.74) is 2.80. The largest absolute Gasteiger partial charge is 0.478 e. The number of nitrogens with zero attached hydrogens (tertiary/aromatic N) is 1. The van der Waals surface area contributed by atoms with Crippen molar-refractivity contribution in [3.05, 3.63) is 41.0 Å². The van der Waals surface area contributed by atoms with Crippen molar-refractivity contribution in [3.63, 3.8) is 0 Å². The van der Waals surface area contributed by atoms with E-state index in [1.54, 1.807) is 23.1 Å². The highest BCUT2D eigenvalue weighted by Gasteiger charge is 2.24. The van der Waals surface area contributed by atoms with Gasteiger partial charge in [-0.1, -0.05) is 13.0 Å². The molecule has 4 heteroatoms. The molecular formula is C16H19NO3. The zero-order chi connectivity index (χ0) is 14.7. The zero-order valence-electron chi connectivity index (χ0n) is 11.8. The third-order valence-corrected chi connectivity index (χ3v) is 3.54. The van der Waals surface area contributed by atoms with Gasteiger partial charge < -0.3 is 10.0 Å². The number of fused-ring (bicyclic) bond motifs is 1. The molecule has 20 heavy (non-hydrogen) atoms. The fourth-order valence-corrected chi connectivity index (χ4v) is 2.55. The van der Waals surface area contributed by atoms with Crippen LogP contribution in [-0.4, -0.2) is 23.5 Å². The highest BCUT2D eigenvalue weighted by molar-refractivity contribution is 6.06. The fraction of sp³-hybridized carbons (Fsp3) is 0.375. The number of carbonyl (C=O) groups excluding carboxylic acids is 1. The molecule has 0 radical (unpaired) electrons. The van der Waals surface area contributed by atoms with E-state index in [4.69, 9.17) is 5.11 Å². The number of rotatable bonds is 3. The van der Waals surface area contributed by atoms with Crippen LogP contribution in [0.5, 0.6) is 0 Å². The van der Waals surface area contributed by atoms with E-state index in [2.05, 4.69) is 0 Å². The number of carboxylic acids is 1. The molecule has 1 heterocycles. The lowest BCUT2D eigenvalue weighted by Gasteiger charge is -2.30. The Kier molecular flexibility index (Phi) is 4.23. The molecule has 0 saturated heterocycles. The van der Waals surface area contributed by atoms with Crippen LogP contribution >= 0.6 is 0 Å². The first-order valence-corrected chi connectivity index (χ1v) is 6.89. The van der Waals surface area contributed by atoms with Crippen LogP contribution in [0.3, 0.4) is 0 Å². The summed E-state index contributed by atoms with van der Waals surface area (Å²) in [6.45, 7) is 4.51. The quantitative estimate of drug-likeness (QED) is 0.861. The lowest BCUT2D eigenvalue weighted by atomic mass is 9.98. The second kappa shape index (κ2) is 5.90. The predicted octanol–water partition coefficient (Wildman–Crippen LogP) is 3.02. The molecule has 0 atom stereocenters. The summed E-state index contributed by atoms with van der Waals surface area (Å²) >= 11 is 0. The number of anilines is 1. The first-order chi connectivity index (χ1) is 9.54. The minimum atomic E-state index is -0.932. The van der Waals surface area contributed by atoms with E-state index in [9.17, 15) is 9.59 Å². The van der Waals surface area contributed by atoms with Crippen LogP contribution in [0.4, 0.5) is 5.69 Å². The average molecular weight is 273 g/mol. The van der Waals surface area contributed by atoms with E-state index in [0.29, 0.717) is 6.54 Å². The SMILES string of the molecule is CC/C=C(\C)C(=O)N1CCCc2cc(C(=O)O)ccc21. The molecule has 1 N–H and O–H groups in total. The average Bonchev–Trinajstić information content (AvgIpc) is 2.45. The molecule has 2 rings (SSSR count). The van der Waals surface area contributed by atoms with Gasteiger partial charge in [0.05, 0.1) is 5.56 Å². The number of hydrogen-bond acceptors (Lipinski definition) is 2. The molecule has 0 saturated carbocycles. The minimum Gasteiger partial charge on any atom is -0.478 e. The van der Waals surface area contributed by atoms with Crippen molar-refractivity contribution in [3.8, 4) is 0 Å². The Labute approximate surface area is 118 Å². The van der Waals surface area contributed by atoms with Crippen molar-refractivity contribution >= 4 is 17.6 Å². The van der Waals surface area contributed by atoms with Gasteiger partial charge in [0.2, 0.25) is 0 Å². The lowest BCUT2D eigenvalue weighted by Crippen LogP contribution is -2.36. The summed E-state index contributed by atoms with van der Waals surface area (Å²) in [7, 11) is 0. The summed E-state index contributed by atoms with van der Waals surface area (Å²) in [6.07, 6.45) is 4.43. The lowest BCUT2D eigenvalue weighted by molar-refractivity contribution is -0.115. The van der Waals surface area contributed by atoms with Crippen molar-refractivity contribution in [2.24, 2.45) is 0 Å². The molecule has 4 nitrogen and oxygen atoms in total. The van der Waals surface area contributed by atoms with Gasteiger partial charge in [-0.25, -0.2) is 4.79 Å². The number of carboxylic acid groups (broad SMARTS) is 1. The number of aromatic carboxylic acids is 1. The summed E-state index contributed by atoms with van der Waals surface area (Å²) in [5.74, 6) is -0.922. The number of amides is 1. The van der Waals surface area contributed by atoms with Crippen LogP contribution in [0.1, 0.15) is 42.6 Å². The second-order valence-corrected chi connectivity index (χ2v) is 5.00. The molecule has 0 unspecified atom stereocenters. The normalized spacial score (nSPS) is 14.9. The van der Waals surface area contributed by atoms with Gasteiger partial charge in [0, 0.05) is 17.8 Å². The summed E-state index contributed by atoms with van der Waals surface area (Å²) < 4.78 is 0. The van der Waals surface area contributed by atoms with Crippen LogP contribution in [0.25, 0.3) is 0 Å². The number of benzene rings is 1. The van der Waals surface area contributed by atoms with Gasteiger partial charge in [0.15, 0.2) is 0 Å². The Morgan fingerprint density at radius 2 is 2.15 bits per heavy atom. The highest BCUT2D eigenvalue weighted by atomic mass is 16.4. The summed E-state index contributed by atoms with van der Waals surface area (Å²) in [6, 6.07) is 4.98. The van der Waals surface area contributed by atoms with Crippen molar-refractivity contribution in [1.82, 2.24) is 0 Å². The minimum absolute atomic E-state index is 0.0101. The Balaban J connectivity index is 2.36. The Hall–Kier alpha value is -2.10. The Morgan fingerprint density at radius 3 is 2.80 bits per heavy atom. The molecule has 1 aliphatic heterocycles. The maximum Gasteiger partial charge on any atom is 0.335 e. The van der Waals surface area contributed by atoms with Gasteiger partial charge in [0.25, 0.3) is 5.91 Å². The Bertz CT molecular complexity index is 575. The fourth-order valence-electron chi connectivity index (χ4n) is 2.55. The first-order valence-electron chi connectivity index (χ1n) is 6.89. The topological polar surface area (TPSA) is 57.6 Å². The molecule has 0 bridgehead atoms. The molecule has 1 aromatic carbocycles. The number of hydrogen-bond donors (Lipinski definition) is 1. The van der Waals surface area contributed by atoms with E-state index in [-0.39, 0.29) is 11.5 Å². The van der Waals surface area contributed by atoms with Crippen molar-refractivity contribution < 1.29 is 14.7 Å². The van der Waals surface area contributed by atoms with E-state index in [0.717, 1.165) is 36.1 Å². The molecule has 0 aliphatic carbocycles. The van der Waals surface area contributed by atoms with Gasteiger partial charge in [0.1, 0.15) is 0 Å². The van der Waals surface area contributed by atoms with Crippen LogP contribution in [0, 0.1) is 0 Å². The van der Waals surface area contributed by atoms with Gasteiger partial charge in [-0.3, -0.25) is 4.79 Å². The van der Waals surface area contributed by atoms with Gasteiger partial charge >= 0.3 is 5.97 Å². The van der Waals surface area contributed by atoms with Crippen LogP contribution in [0.2, 0.25) is 0 Å². The summed E-state index contributed by atoms with van der Waals surface area (Å²) in [4.78, 5) is 25.2. The predicted molar refractivity (Wildman–Crippen MR) is 78.1 cm³/mol.